The molecule has 4 aliphatic rings. The van der Waals surface area contributed by atoms with Gasteiger partial charge in [-0.25, -0.2) is 13.2 Å². The van der Waals surface area contributed by atoms with Gasteiger partial charge in [0.15, 0.2) is 12.3 Å². The number of halogens is 6. The van der Waals surface area contributed by atoms with E-state index < -0.39 is 54.5 Å². The van der Waals surface area contributed by atoms with E-state index in [2.05, 4.69) is 21.9 Å². The minimum atomic E-state index is -4.40. The highest BCUT2D eigenvalue weighted by Crippen LogP contribution is 2.49. The van der Waals surface area contributed by atoms with Gasteiger partial charge in [-0.3, -0.25) is 20.1 Å². The first-order chi connectivity index (χ1) is 16.4. The van der Waals surface area contributed by atoms with Gasteiger partial charge < -0.3 is 4.74 Å². The van der Waals surface area contributed by atoms with Gasteiger partial charge in [-0.05, 0) is 52.3 Å². The van der Waals surface area contributed by atoms with Gasteiger partial charge >= 0.3 is 6.18 Å². The zero-order valence-corrected chi connectivity index (χ0v) is 20.4. The minimum absolute atomic E-state index is 0.0738. The average Bonchev–Trinajstić information content (AvgIpc) is 3.48. The molecule has 0 spiro atoms. The first-order valence-electron chi connectivity index (χ1n) is 12.4. The second-order valence-corrected chi connectivity index (χ2v) is 10.7. The van der Waals surface area contributed by atoms with Crippen LogP contribution in [0.2, 0.25) is 0 Å². The molecule has 35 heavy (non-hydrogen) atoms. The number of piperazine rings is 1. The maximum atomic E-state index is 14.4. The van der Waals surface area contributed by atoms with E-state index in [1.807, 2.05) is 13.8 Å². The molecular weight excluding hydrogens is 474 g/mol. The lowest BCUT2D eigenvalue weighted by Gasteiger charge is -2.49. The first kappa shape index (κ1) is 26.9. The lowest BCUT2D eigenvalue weighted by Crippen LogP contribution is -2.64. The number of methoxy groups -OCH3 is 1. The highest BCUT2D eigenvalue weighted by atomic mass is 19.4. The number of alkyl halides is 5. The molecule has 9 atom stereocenters. The lowest BCUT2D eigenvalue weighted by atomic mass is 9.85. The third-order valence-corrected chi connectivity index (χ3v) is 8.60. The van der Waals surface area contributed by atoms with Crippen molar-refractivity contribution in [2.75, 3.05) is 20.2 Å². The molecule has 2 heterocycles. The normalized spacial score (nSPS) is 39.6. The zero-order chi connectivity index (χ0) is 25.7. The molecule has 0 radical (unpaired) electrons. The van der Waals surface area contributed by atoms with Crippen molar-refractivity contribution in [2.24, 2.45) is 10.9 Å². The number of allylic oxidation sites excluding steroid dienone is 2. The molecule has 5 nitrogen and oxygen atoms in total. The van der Waals surface area contributed by atoms with Gasteiger partial charge in [0.25, 0.3) is 0 Å². The summed E-state index contributed by atoms with van der Waals surface area (Å²) in [6.07, 6.45) is -6.82. The van der Waals surface area contributed by atoms with Gasteiger partial charge in [-0.15, -0.1) is 0 Å². The van der Waals surface area contributed by atoms with E-state index >= 15 is 0 Å². The van der Waals surface area contributed by atoms with Gasteiger partial charge in [-0.1, -0.05) is 0 Å². The number of aliphatic imine (C=N–C) groups is 1. The molecule has 2 saturated heterocycles. The van der Waals surface area contributed by atoms with Gasteiger partial charge in [0.2, 0.25) is 0 Å². The van der Waals surface area contributed by atoms with Gasteiger partial charge in [0.1, 0.15) is 12.0 Å². The largest absolute Gasteiger partial charge is 0.417 e. The Morgan fingerprint density at radius 1 is 1.29 bits per heavy atom. The summed E-state index contributed by atoms with van der Waals surface area (Å²) in [5.74, 6) is -1.71. The van der Waals surface area contributed by atoms with E-state index in [4.69, 9.17) is 4.74 Å². The van der Waals surface area contributed by atoms with Crippen LogP contribution < -0.4 is 5.32 Å². The van der Waals surface area contributed by atoms with E-state index in [-0.39, 0.29) is 37.1 Å². The number of ether oxygens (including phenoxy) is 1. The van der Waals surface area contributed by atoms with Crippen LogP contribution in [0.25, 0.3) is 0 Å². The molecule has 0 aromatic heterocycles. The van der Waals surface area contributed by atoms with E-state index in [0.717, 1.165) is 18.9 Å². The minimum Gasteiger partial charge on any atom is -0.377 e. The fraction of sp³-hybridized carbons (Fsp3) is 0.875. The Bertz CT molecular complexity index is 805. The molecule has 11 heteroatoms. The molecule has 0 aromatic carbocycles. The Morgan fingerprint density at radius 2 is 1.97 bits per heavy atom. The number of fused-ring (bicyclic) bond motifs is 1. The molecule has 3 fully saturated rings. The molecular formula is C24H36F6N4O. The van der Waals surface area contributed by atoms with Crippen molar-refractivity contribution >= 4 is 6.72 Å². The van der Waals surface area contributed by atoms with Gasteiger partial charge in [0.05, 0.1) is 17.7 Å². The fourth-order valence-electron chi connectivity index (χ4n) is 6.53. The average molecular weight is 511 g/mol. The van der Waals surface area contributed by atoms with Crippen LogP contribution in [0.4, 0.5) is 26.3 Å². The summed E-state index contributed by atoms with van der Waals surface area (Å²) in [6, 6.07) is -1.49. The number of hydrogen-bond acceptors (Lipinski definition) is 5. The maximum absolute atomic E-state index is 14.4. The highest BCUT2D eigenvalue weighted by molar-refractivity contribution is 5.24. The number of nitrogens with zero attached hydrogens (tertiary/aromatic N) is 3. The Balaban J connectivity index is 1.46. The molecule has 2 aliphatic carbocycles. The summed E-state index contributed by atoms with van der Waals surface area (Å²) in [5.41, 5.74) is -0.587. The smallest absolute Gasteiger partial charge is 0.377 e. The molecule has 0 amide bonds. The van der Waals surface area contributed by atoms with E-state index in [1.165, 1.54) is 4.90 Å². The van der Waals surface area contributed by atoms with Gasteiger partial charge in [0, 0.05) is 50.7 Å². The predicted molar refractivity (Wildman–Crippen MR) is 122 cm³/mol. The van der Waals surface area contributed by atoms with E-state index in [1.54, 1.807) is 7.11 Å². The van der Waals surface area contributed by atoms with Crippen molar-refractivity contribution in [2.45, 2.75) is 106 Å². The summed E-state index contributed by atoms with van der Waals surface area (Å²) in [6.45, 7) is 8.23. The first-order valence-corrected chi connectivity index (χ1v) is 12.4. The molecule has 200 valence electrons. The third kappa shape index (κ3) is 5.15. The molecule has 1 N–H and O–H groups in total. The molecule has 0 aromatic rings. The Morgan fingerprint density at radius 3 is 2.54 bits per heavy atom. The molecule has 4 rings (SSSR count). The second-order valence-electron chi connectivity index (χ2n) is 10.7. The van der Waals surface area contributed by atoms with Crippen LogP contribution in [0.1, 0.15) is 46.0 Å². The molecule has 9 unspecified atom stereocenters. The summed E-state index contributed by atoms with van der Waals surface area (Å²) in [4.78, 5) is 7.83. The molecule has 0 bridgehead atoms. The molecule has 2 aliphatic heterocycles. The Labute approximate surface area is 202 Å². The Hall–Kier alpha value is -1.17. The van der Waals surface area contributed by atoms with E-state index in [0.29, 0.717) is 13.0 Å². The lowest BCUT2D eigenvalue weighted by molar-refractivity contribution is -0.191. The second kappa shape index (κ2) is 9.95. The van der Waals surface area contributed by atoms with Crippen LogP contribution in [-0.2, 0) is 4.74 Å². The van der Waals surface area contributed by atoms with Crippen LogP contribution in [0.15, 0.2) is 16.9 Å². The van der Waals surface area contributed by atoms with Crippen molar-refractivity contribution in [3.63, 3.8) is 0 Å². The van der Waals surface area contributed by atoms with Crippen molar-refractivity contribution in [3.8, 4) is 0 Å². The maximum Gasteiger partial charge on any atom is 0.417 e. The van der Waals surface area contributed by atoms with Crippen LogP contribution in [0, 0.1) is 5.92 Å². The quantitative estimate of drug-likeness (QED) is 0.393. The Kier molecular flexibility index (Phi) is 7.64. The summed E-state index contributed by atoms with van der Waals surface area (Å²) in [5, 5.41) is 2.84. The zero-order valence-electron chi connectivity index (χ0n) is 20.4. The SMILES string of the molecule is C=NC(CC1C=C(F)C(F)CC1F)CC(C)N1CCN2C(C1C)C(C1(OC)CC1)NC2C(F)(F)F. The van der Waals surface area contributed by atoms with Crippen LogP contribution in [-0.4, -0.2) is 97.2 Å². The predicted octanol–water partition coefficient (Wildman–Crippen LogP) is 4.19. The topological polar surface area (TPSA) is 40.1 Å². The van der Waals surface area contributed by atoms with Crippen molar-refractivity contribution in [3.05, 3.63) is 11.9 Å². The summed E-state index contributed by atoms with van der Waals surface area (Å²) in [7, 11) is 1.56. The van der Waals surface area contributed by atoms with Crippen LogP contribution in [0.3, 0.4) is 0 Å². The summed E-state index contributed by atoms with van der Waals surface area (Å²) < 4.78 is 88.8. The van der Waals surface area contributed by atoms with E-state index in [9.17, 15) is 26.3 Å². The number of hydrogen-bond donors (Lipinski definition) is 1. The molecule has 1 saturated carbocycles. The summed E-state index contributed by atoms with van der Waals surface area (Å²) >= 11 is 0. The number of rotatable bonds is 8. The monoisotopic (exact) mass is 510 g/mol. The highest BCUT2D eigenvalue weighted by Gasteiger charge is 2.64. The van der Waals surface area contributed by atoms with Gasteiger partial charge in [-0.2, -0.15) is 13.2 Å². The number of nitrogens with one attached hydrogen (secondary N) is 1. The van der Waals surface area contributed by atoms with Crippen molar-refractivity contribution < 1.29 is 31.1 Å². The standard InChI is InChI=1S/C24H36F6N4O/c1-13(9-16(31-3)10-15-11-18(26)19(27)12-17(15)25)33-7-8-34-20(14(33)2)21(23(35-4)5-6-23)32-22(34)24(28,29)30/h11,13-17,19-22,32H,3,5-10,12H2,1-2,4H3. The third-order valence-electron chi connectivity index (χ3n) is 8.60. The van der Waals surface area contributed by atoms with Crippen molar-refractivity contribution in [1.82, 2.24) is 15.1 Å². The van der Waals surface area contributed by atoms with Crippen LogP contribution >= 0.6 is 0 Å². The fourth-order valence-corrected chi connectivity index (χ4v) is 6.53. The van der Waals surface area contributed by atoms with Crippen LogP contribution in [0.5, 0.6) is 0 Å². The van der Waals surface area contributed by atoms with Crippen molar-refractivity contribution in [1.29, 1.82) is 0 Å².